The number of hydrogen-bond donors (Lipinski definition) is 1. The average Bonchev–Trinajstić information content (AvgIpc) is 3.20. The van der Waals surface area contributed by atoms with Gasteiger partial charge in [-0.15, -0.1) is 0 Å². The molecule has 1 nitrogen and oxygen atoms in total. The van der Waals surface area contributed by atoms with Crippen LogP contribution in [-0.4, -0.2) is 12.6 Å². The monoisotopic (exact) mass is 255 g/mol. The van der Waals surface area contributed by atoms with E-state index in [0.29, 0.717) is 17.5 Å². The average molecular weight is 255 g/mol. The summed E-state index contributed by atoms with van der Waals surface area (Å²) in [5, 5.41) is 3.40. The van der Waals surface area contributed by atoms with Crippen molar-refractivity contribution in [1.82, 2.24) is 5.32 Å². The largest absolute Gasteiger partial charge is 0.416 e. The number of benzene rings is 1. The van der Waals surface area contributed by atoms with E-state index < -0.39 is 11.7 Å². The first kappa shape index (κ1) is 12.0. The molecular formula is C14H16F3N. The minimum atomic E-state index is -4.23. The summed E-state index contributed by atoms with van der Waals surface area (Å²) in [5.74, 6) is 0.475. The highest BCUT2D eigenvalue weighted by atomic mass is 19.4. The first-order valence-electron chi connectivity index (χ1n) is 6.45. The molecule has 98 valence electrons. The van der Waals surface area contributed by atoms with Crippen LogP contribution in [0.1, 0.15) is 36.3 Å². The Hall–Kier alpha value is -1.03. The minimum Gasteiger partial charge on any atom is -0.314 e. The van der Waals surface area contributed by atoms with Gasteiger partial charge >= 0.3 is 6.18 Å². The van der Waals surface area contributed by atoms with Crippen LogP contribution >= 0.6 is 0 Å². The third-order valence-electron chi connectivity index (χ3n) is 3.83. The van der Waals surface area contributed by atoms with Crippen LogP contribution in [0.15, 0.2) is 24.3 Å². The van der Waals surface area contributed by atoms with E-state index in [4.69, 9.17) is 0 Å². The molecule has 2 unspecified atom stereocenters. The predicted octanol–water partition coefficient (Wildman–Crippen LogP) is 3.56. The summed E-state index contributed by atoms with van der Waals surface area (Å²) in [4.78, 5) is 0. The Kier molecular flexibility index (Phi) is 2.85. The van der Waals surface area contributed by atoms with Gasteiger partial charge in [0, 0.05) is 6.04 Å². The van der Waals surface area contributed by atoms with Crippen molar-refractivity contribution in [3.8, 4) is 0 Å². The maximum Gasteiger partial charge on any atom is 0.416 e. The molecule has 0 aromatic heterocycles. The minimum absolute atomic E-state index is 0.0917. The van der Waals surface area contributed by atoms with Crippen LogP contribution < -0.4 is 5.32 Å². The van der Waals surface area contributed by atoms with Crippen LogP contribution in [0.4, 0.5) is 13.2 Å². The van der Waals surface area contributed by atoms with E-state index >= 15 is 0 Å². The summed E-state index contributed by atoms with van der Waals surface area (Å²) in [6.45, 7) is 0.863. The van der Waals surface area contributed by atoms with Crippen LogP contribution in [-0.2, 0) is 6.18 Å². The Labute approximate surface area is 104 Å². The number of alkyl halides is 3. The van der Waals surface area contributed by atoms with E-state index in [0.717, 1.165) is 13.0 Å². The van der Waals surface area contributed by atoms with Crippen molar-refractivity contribution in [2.75, 3.05) is 6.54 Å². The molecule has 0 saturated heterocycles. The number of hydrogen-bond acceptors (Lipinski definition) is 1. The zero-order valence-electron chi connectivity index (χ0n) is 10.0. The zero-order chi connectivity index (χ0) is 12.8. The second kappa shape index (κ2) is 4.26. The lowest BCUT2D eigenvalue weighted by Crippen LogP contribution is -2.19. The Balaban J connectivity index is 1.69. The highest BCUT2D eigenvalue weighted by Crippen LogP contribution is 2.50. The summed E-state index contributed by atoms with van der Waals surface area (Å²) < 4.78 is 38.6. The van der Waals surface area contributed by atoms with Crippen molar-refractivity contribution in [2.24, 2.45) is 5.92 Å². The molecule has 18 heavy (non-hydrogen) atoms. The number of rotatable bonds is 4. The van der Waals surface area contributed by atoms with E-state index in [1.54, 1.807) is 12.1 Å². The summed E-state index contributed by atoms with van der Waals surface area (Å²) in [6, 6.07) is 6.62. The number of nitrogens with one attached hydrogen (secondary N) is 1. The summed E-state index contributed by atoms with van der Waals surface area (Å²) >= 11 is 0. The third-order valence-corrected chi connectivity index (χ3v) is 3.83. The summed E-state index contributed by atoms with van der Waals surface area (Å²) in [5.41, 5.74) is 0.0246. The molecule has 2 atom stereocenters. The molecule has 0 amide bonds. The van der Waals surface area contributed by atoms with Gasteiger partial charge < -0.3 is 5.32 Å². The standard InChI is InChI=1S/C14H16F3N/c15-14(16,17)13-4-2-1-3-11(13)12-7-9(12)8-18-10-5-6-10/h1-4,9-10,12,18H,5-8H2. The molecule has 2 aliphatic rings. The maximum absolute atomic E-state index is 12.9. The van der Waals surface area contributed by atoms with Crippen molar-refractivity contribution in [2.45, 2.75) is 37.4 Å². The molecule has 0 heterocycles. The topological polar surface area (TPSA) is 12.0 Å². The Bertz CT molecular complexity index is 437. The van der Waals surface area contributed by atoms with Crippen molar-refractivity contribution in [3.63, 3.8) is 0 Å². The van der Waals surface area contributed by atoms with Gasteiger partial charge in [0.1, 0.15) is 0 Å². The van der Waals surface area contributed by atoms with E-state index in [-0.39, 0.29) is 5.92 Å². The second-order valence-corrected chi connectivity index (χ2v) is 5.37. The van der Waals surface area contributed by atoms with Crippen LogP contribution in [0.5, 0.6) is 0 Å². The molecule has 0 aliphatic heterocycles. The molecule has 2 aliphatic carbocycles. The van der Waals surface area contributed by atoms with Gasteiger partial charge in [-0.1, -0.05) is 18.2 Å². The van der Waals surface area contributed by atoms with Gasteiger partial charge in [0.05, 0.1) is 5.56 Å². The maximum atomic E-state index is 12.9. The molecule has 0 bridgehead atoms. The zero-order valence-corrected chi connectivity index (χ0v) is 10.0. The lowest BCUT2D eigenvalue weighted by Gasteiger charge is -2.12. The van der Waals surface area contributed by atoms with Crippen LogP contribution in [0.3, 0.4) is 0 Å². The van der Waals surface area contributed by atoms with Gasteiger partial charge in [0.15, 0.2) is 0 Å². The van der Waals surface area contributed by atoms with Crippen molar-refractivity contribution in [3.05, 3.63) is 35.4 Å². The van der Waals surface area contributed by atoms with Crippen molar-refractivity contribution >= 4 is 0 Å². The van der Waals surface area contributed by atoms with Gasteiger partial charge in [-0.05, 0) is 49.3 Å². The van der Waals surface area contributed by atoms with E-state index in [1.807, 2.05) is 0 Å². The SMILES string of the molecule is FC(F)(F)c1ccccc1C1CC1CNC1CC1. The molecule has 1 aromatic rings. The van der Waals surface area contributed by atoms with E-state index in [1.165, 1.54) is 25.0 Å². The van der Waals surface area contributed by atoms with Gasteiger partial charge in [0.25, 0.3) is 0 Å². The smallest absolute Gasteiger partial charge is 0.314 e. The highest BCUT2D eigenvalue weighted by Gasteiger charge is 2.44. The second-order valence-electron chi connectivity index (χ2n) is 5.37. The molecule has 2 saturated carbocycles. The first-order valence-corrected chi connectivity index (χ1v) is 6.45. The predicted molar refractivity (Wildman–Crippen MR) is 63.3 cm³/mol. The first-order chi connectivity index (χ1) is 8.55. The lowest BCUT2D eigenvalue weighted by molar-refractivity contribution is -0.138. The molecule has 2 fully saturated rings. The van der Waals surface area contributed by atoms with Crippen LogP contribution in [0.2, 0.25) is 0 Å². The third kappa shape index (κ3) is 2.53. The summed E-state index contributed by atoms with van der Waals surface area (Å²) in [7, 11) is 0. The molecule has 3 rings (SSSR count). The van der Waals surface area contributed by atoms with E-state index in [9.17, 15) is 13.2 Å². The quantitative estimate of drug-likeness (QED) is 0.867. The van der Waals surface area contributed by atoms with E-state index in [2.05, 4.69) is 5.32 Å². The Morgan fingerprint density at radius 3 is 2.56 bits per heavy atom. The van der Waals surface area contributed by atoms with Crippen LogP contribution in [0.25, 0.3) is 0 Å². The molecule has 4 heteroatoms. The molecule has 0 radical (unpaired) electrons. The highest BCUT2D eigenvalue weighted by molar-refractivity contribution is 5.36. The van der Waals surface area contributed by atoms with Gasteiger partial charge in [-0.25, -0.2) is 0 Å². The summed E-state index contributed by atoms with van der Waals surface area (Å²) in [6.07, 6.45) is -0.909. The van der Waals surface area contributed by atoms with Gasteiger partial charge in [-0.3, -0.25) is 0 Å². The van der Waals surface area contributed by atoms with Crippen molar-refractivity contribution < 1.29 is 13.2 Å². The van der Waals surface area contributed by atoms with Gasteiger partial charge in [0.2, 0.25) is 0 Å². The fourth-order valence-corrected chi connectivity index (χ4v) is 2.54. The normalized spacial score (nSPS) is 27.3. The van der Waals surface area contributed by atoms with Gasteiger partial charge in [-0.2, -0.15) is 13.2 Å². The Morgan fingerprint density at radius 1 is 1.17 bits per heavy atom. The number of halogens is 3. The lowest BCUT2D eigenvalue weighted by atomic mass is 10.0. The molecular weight excluding hydrogens is 239 g/mol. The van der Waals surface area contributed by atoms with Crippen LogP contribution in [0, 0.1) is 5.92 Å². The molecule has 1 aromatic carbocycles. The fraction of sp³-hybridized carbons (Fsp3) is 0.571. The Morgan fingerprint density at radius 2 is 1.89 bits per heavy atom. The molecule has 0 spiro atoms. The molecule has 1 N–H and O–H groups in total. The fourth-order valence-electron chi connectivity index (χ4n) is 2.54. The van der Waals surface area contributed by atoms with Crippen molar-refractivity contribution in [1.29, 1.82) is 0 Å².